The molecule has 0 radical (unpaired) electrons. The minimum atomic E-state index is -4.08. The molecule has 1 rings (SSSR count). The van der Waals surface area contributed by atoms with E-state index >= 15 is 0 Å². The summed E-state index contributed by atoms with van der Waals surface area (Å²) in [5.74, 6) is 1.28. The minimum absolute atomic E-state index is 0.0465. The zero-order valence-electron chi connectivity index (χ0n) is 12.6. The Bertz CT molecular complexity index is 433. The standard InChI is InChI=1S/C15H22F3NO2/c1-11(2)21-13-6-5-12(9-14(13)20-3)10-19-8-4-7-15(16,17)18/h5-6,9,11,19H,4,7-8,10H2,1-3H3. The average molecular weight is 305 g/mol. The summed E-state index contributed by atoms with van der Waals surface area (Å²) in [7, 11) is 1.56. The van der Waals surface area contributed by atoms with Crippen molar-refractivity contribution in [3.05, 3.63) is 23.8 Å². The summed E-state index contributed by atoms with van der Waals surface area (Å²) in [6.07, 6.45) is -4.72. The lowest BCUT2D eigenvalue weighted by Gasteiger charge is -2.14. The second kappa shape index (κ2) is 8.12. The molecule has 0 saturated heterocycles. The average Bonchev–Trinajstić information content (AvgIpc) is 2.38. The van der Waals surface area contributed by atoms with E-state index in [0.717, 1.165) is 5.56 Å². The Morgan fingerprint density at radius 1 is 1.19 bits per heavy atom. The lowest BCUT2D eigenvalue weighted by molar-refractivity contribution is -0.135. The van der Waals surface area contributed by atoms with Crippen molar-refractivity contribution in [1.82, 2.24) is 5.32 Å². The van der Waals surface area contributed by atoms with Gasteiger partial charge < -0.3 is 14.8 Å². The first kappa shape index (κ1) is 17.6. The maximum Gasteiger partial charge on any atom is 0.389 e. The Balaban J connectivity index is 2.45. The van der Waals surface area contributed by atoms with E-state index in [2.05, 4.69) is 5.32 Å². The third kappa shape index (κ3) is 7.22. The van der Waals surface area contributed by atoms with Crippen molar-refractivity contribution in [2.75, 3.05) is 13.7 Å². The second-order valence-electron chi connectivity index (χ2n) is 5.05. The number of benzene rings is 1. The van der Waals surface area contributed by atoms with E-state index in [1.807, 2.05) is 32.0 Å². The Labute approximate surface area is 123 Å². The fourth-order valence-corrected chi connectivity index (χ4v) is 1.82. The van der Waals surface area contributed by atoms with Crippen LogP contribution in [0.2, 0.25) is 0 Å². The van der Waals surface area contributed by atoms with Crippen LogP contribution in [0.25, 0.3) is 0 Å². The molecule has 1 aromatic carbocycles. The molecule has 6 heteroatoms. The highest BCUT2D eigenvalue weighted by Gasteiger charge is 2.25. The van der Waals surface area contributed by atoms with Gasteiger partial charge in [0, 0.05) is 13.0 Å². The zero-order chi connectivity index (χ0) is 15.9. The molecule has 1 aromatic rings. The molecule has 0 atom stereocenters. The Hall–Kier alpha value is -1.43. The van der Waals surface area contributed by atoms with Gasteiger partial charge in [0.15, 0.2) is 11.5 Å². The lowest BCUT2D eigenvalue weighted by atomic mass is 10.2. The molecule has 0 saturated carbocycles. The van der Waals surface area contributed by atoms with E-state index in [0.29, 0.717) is 24.6 Å². The maximum absolute atomic E-state index is 12.0. The van der Waals surface area contributed by atoms with Crippen LogP contribution in [0.3, 0.4) is 0 Å². The summed E-state index contributed by atoms with van der Waals surface area (Å²) >= 11 is 0. The van der Waals surface area contributed by atoms with Crippen LogP contribution >= 0.6 is 0 Å². The van der Waals surface area contributed by atoms with Crippen LogP contribution in [-0.2, 0) is 6.54 Å². The van der Waals surface area contributed by atoms with Gasteiger partial charge in [0.05, 0.1) is 13.2 Å². The smallest absolute Gasteiger partial charge is 0.389 e. The molecule has 0 fully saturated rings. The van der Waals surface area contributed by atoms with Gasteiger partial charge in [0.2, 0.25) is 0 Å². The molecule has 0 aliphatic rings. The van der Waals surface area contributed by atoms with Crippen LogP contribution in [0, 0.1) is 0 Å². The molecule has 0 bridgehead atoms. The van der Waals surface area contributed by atoms with Gasteiger partial charge in [0.1, 0.15) is 0 Å². The molecule has 0 spiro atoms. The highest BCUT2D eigenvalue weighted by atomic mass is 19.4. The summed E-state index contributed by atoms with van der Waals surface area (Å²) in [6.45, 7) is 4.67. The number of alkyl halides is 3. The summed E-state index contributed by atoms with van der Waals surface area (Å²) in [5, 5.41) is 2.99. The first-order valence-corrected chi connectivity index (χ1v) is 6.93. The minimum Gasteiger partial charge on any atom is -0.493 e. The molecular weight excluding hydrogens is 283 g/mol. The summed E-state index contributed by atoms with van der Waals surface area (Å²) in [6, 6.07) is 5.51. The number of hydrogen-bond donors (Lipinski definition) is 1. The normalized spacial score (nSPS) is 11.8. The Morgan fingerprint density at radius 2 is 1.90 bits per heavy atom. The summed E-state index contributed by atoms with van der Waals surface area (Å²) < 4.78 is 46.8. The van der Waals surface area contributed by atoms with E-state index in [1.165, 1.54) is 0 Å². The molecule has 0 aliphatic heterocycles. The van der Waals surface area contributed by atoms with Crippen LogP contribution in [0.1, 0.15) is 32.3 Å². The number of hydrogen-bond acceptors (Lipinski definition) is 3. The van der Waals surface area contributed by atoms with Crippen LogP contribution in [0.5, 0.6) is 11.5 Å². The topological polar surface area (TPSA) is 30.5 Å². The zero-order valence-corrected chi connectivity index (χ0v) is 12.6. The van der Waals surface area contributed by atoms with E-state index in [1.54, 1.807) is 7.11 Å². The van der Waals surface area contributed by atoms with Crippen LogP contribution < -0.4 is 14.8 Å². The predicted molar refractivity (Wildman–Crippen MR) is 75.8 cm³/mol. The first-order chi connectivity index (χ1) is 9.81. The molecule has 0 aromatic heterocycles. The van der Waals surface area contributed by atoms with E-state index in [-0.39, 0.29) is 12.5 Å². The van der Waals surface area contributed by atoms with Crippen molar-refractivity contribution in [2.24, 2.45) is 0 Å². The molecule has 0 heterocycles. The lowest BCUT2D eigenvalue weighted by Crippen LogP contribution is -2.17. The molecule has 1 N–H and O–H groups in total. The number of methoxy groups -OCH3 is 1. The van der Waals surface area contributed by atoms with Crippen molar-refractivity contribution in [2.45, 2.75) is 45.5 Å². The third-order valence-electron chi connectivity index (χ3n) is 2.73. The van der Waals surface area contributed by atoms with Gasteiger partial charge in [-0.3, -0.25) is 0 Å². The van der Waals surface area contributed by atoms with Crippen molar-refractivity contribution >= 4 is 0 Å². The van der Waals surface area contributed by atoms with Crippen molar-refractivity contribution in [1.29, 1.82) is 0 Å². The van der Waals surface area contributed by atoms with Crippen LogP contribution in [-0.4, -0.2) is 25.9 Å². The van der Waals surface area contributed by atoms with Gasteiger partial charge in [-0.05, 0) is 44.5 Å². The van der Waals surface area contributed by atoms with Crippen molar-refractivity contribution < 1.29 is 22.6 Å². The predicted octanol–water partition coefficient (Wildman–Crippen LogP) is 3.91. The monoisotopic (exact) mass is 305 g/mol. The quantitative estimate of drug-likeness (QED) is 0.739. The molecule has 0 unspecified atom stereocenters. The van der Waals surface area contributed by atoms with E-state index in [9.17, 15) is 13.2 Å². The highest BCUT2D eigenvalue weighted by molar-refractivity contribution is 5.43. The fourth-order valence-electron chi connectivity index (χ4n) is 1.82. The Morgan fingerprint density at radius 3 is 2.48 bits per heavy atom. The van der Waals surface area contributed by atoms with Crippen molar-refractivity contribution in [3.63, 3.8) is 0 Å². The number of ether oxygens (including phenoxy) is 2. The van der Waals surface area contributed by atoms with Gasteiger partial charge in [0.25, 0.3) is 0 Å². The van der Waals surface area contributed by atoms with Crippen LogP contribution in [0.15, 0.2) is 18.2 Å². The maximum atomic E-state index is 12.0. The summed E-state index contributed by atoms with van der Waals surface area (Å²) in [4.78, 5) is 0. The molecular formula is C15H22F3NO2. The third-order valence-corrected chi connectivity index (χ3v) is 2.73. The molecule has 21 heavy (non-hydrogen) atoms. The molecule has 3 nitrogen and oxygen atoms in total. The molecule has 0 amide bonds. The number of rotatable bonds is 8. The Kier molecular flexibility index (Phi) is 6.81. The van der Waals surface area contributed by atoms with E-state index < -0.39 is 12.6 Å². The summed E-state index contributed by atoms with van der Waals surface area (Å²) in [5.41, 5.74) is 0.940. The van der Waals surface area contributed by atoms with Gasteiger partial charge in [-0.25, -0.2) is 0 Å². The van der Waals surface area contributed by atoms with Gasteiger partial charge in [-0.1, -0.05) is 6.07 Å². The van der Waals surface area contributed by atoms with Gasteiger partial charge in [-0.15, -0.1) is 0 Å². The van der Waals surface area contributed by atoms with Gasteiger partial charge >= 0.3 is 6.18 Å². The highest BCUT2D eigenvalue weighted by Crippen LogP contribution is 2.29. The van der Waals surface area contributed by atoms with Gasteiger partial charge in [-0.2, -0.15) is 13.2 Å². The molecule has 0 aliphatic carbocycles. The first-order valence-electron chi connectivity index (χ1n) is 6.93. The number of halogens is 3. The fraction of sp³-hybridized carbons (Fsp3) is 0.600. The largest absolute Gasteiger partial charge is 0.493 e. The number of nitrogens with one attached hydrogen (secondary N) is 1. The molecule has 120 valence electrons. The second-order valence-corrected chi connectivity index (χ2v) is 5.05. The van der Waals surface area contributed by atoms with Crippen molar-refractivity contribution in [3.8, 4) is 11.5 Å². The SMILES string of the molecule is COc1cc(CNCCCC(F)(F)F)ccc1OC(C)C. The van der Waals surface area contributed by atoms with Crippen LogP contribution in [0.4, 0.5) is 13.2 Å². The van der Waals surface area contributed by atoms with E-state index in [4.69, 9.17) is 9.47 Å².